The van der Waals surface area contributed by atoms with E-state index in [9.17, 15) is 4.79 Å². The monoisotopic (exact) mass is 317 g/mol. The van der Waals surface area contributed by atoms with Gasteiger partial charge >= 0.3 is 0 Å². The van der Waals surface area contributed by atoms with Crippen LogP contribution in [-0.4, -0.2) is 74.2 Å². The van der Waals surface area contributed by atoms with Crippen LogP contribution in [0.3, 0.4) is 0 Å². The van der Waals surface area contributed by atoms with Gasteiger partial charge in [-0.2, -0.15) is 0 Å². The van der Waals surface area contributed by atoms with Gasteiger partial charge in [-0.25, -0.2) is 0 Å². The first-order chi connectivity index (χ1) is 11.2. The van der Waals surface area contributed by atoms with Gasteiger partial charge in [-0.1, -0.05) is 18.2 Å². The maximum Gasteiger partial charge on any atom is 0.219 e. The van der Waals surface area contributed by atoms with Crippen LogP contribution < -0.4 is 4.90 Å². The number of carbonyl (C=O) groups excluding carboxylic acids is 1. The average molecular weight is 317 g/mol. The average Bonchev–Trinajstić information content (AvgIpc) is 2.82. The molecule has 2 saturated heterocycles. The molecule has 0 saturated carbocycles. The molecular formula is C18H27N3O2. The Kier molecular flexibility index (Phi) is 5.51. The Morgan fingerprint density at radius 2 is 1.96 bits per heavy atom. The quantitative estimate of drug-likeness (QED) is 0.845. The van der Waals surface area contributed by atoms with Crippen molar-refractivity contribution in [3.05, 3.63) is 30.3 Å². The summed E-state index contributed by atoms with van der Waals surface area (Å²) in [5, 5.41) is 0. The Labute approximate surface area is 138 Å². The van der Waals surface area contributed by atoms with Crippen LogP contribution in [-0.2, 0) is 9.53 Å². The molecule has 1 aromatic rings. The van der Waals surface area contributed by atoms with E-state index in [1.165, 1.54) is 5.69 Å². The van der Waals surface area contributed by atoms with E-state index in [0.29, 0.717) is 0 Å². The first-order valence-electron chi connectivity index (χ1n) is 8.62. The molecule has 5 heteroatoms. The van der Waals surface area contributed by atoms with Crippen LogP contribution in [0.5, 0.6) is 0 Å². The Morgan fingerprint density at radius 1 is 1.13 bits per heavy atom. The SMILES string of the molecule is CC(=O)N1CCCN(C[C@H]2CN(c3ccccc3)CCO2)CC1. The molecular weight excluding hydrogens is 290 g/mol. The summed E-state index contributed by atoms with van der Waals surface area (Å²) in [6, 6.07) is 10.6. The Balaban J connectivity index is 1.52. The Hall–Kier alpha value is -1.59. The minimum atomic E-state index is 0.191. The molecule has 0 aromatic heterocycles. The van der Waals surface area contributed by atoms with Gasteiger partial charge in [-0.3, -0.25) is 9.69 Å². The fraction of sp³-hybridized carbons (Fsp3) is 0.611. The van der Waals surface area contributed by atoms with Crippen molar-refractivity contribution in [3.8, 4) is 0 Å². The van der Waals surface area contributed by atoms with Gasteiger partial charge in [-0.05, 0) is 25.1 Å². The third-order valence-electron chi connectivity index (χ3n) is 4.76. The standard InChI is InChI=1S/C18H27N3O2/c1-16(22)20-9-5-8-19(10-11-20)14-18-15-21(12-13-23-18)17-6-3-2-4-7-17/h2-4,6-7,18H,5,8-15H2,1H3/t18-/m0/s1. The van der Waals surface area contributed by atoms with Gasteiger partial charge in [0.15, 0.2) is 0 Å². The summed E-state index contributed by atoms with van der Waals surface area (Å²) >= 11 is 0. The normalized spacial score (nSPS) is 23.6. The number of anilines is 1. The third-order valence-corrected chi connectivity index (χ3v) is 4.76. The van der Waals surface area contributed by atoms with Crippen molar-refractivity contribution in [1.29, 1.82) is 0 Å². The number of carbonyl (C=O) groups is 1. The Bertz CT molecular complexity index is 508. The van der Waals surface area contributed by atoms with Gasteiger partial charge in [-0.15, -0.1) is 0 Å². The number of nitrogens with zero attached hydrogens (tertiary/aromatic N) is 3. The number of para-hydroxylation sites is 1. The highest BCUT2D eigenvalue weighted by molar-refractivity contribution is 5.73. The van der Waals surface area contributed by atoms with Gasteiger partial charge in [0.2, 0.25) is 5.91 Å². The number of hydrogen-bond donors (Lipinski definition) is 0. The lowest BCUT2D eigenvalue weighted by Crippen LogP contribution is -2.48. The minimum absolute atomic E-state index is 0.191. The molecule has 23 heavy (non-hydrogen) atoms. The smallest absolute Gasteiger partial charge is 0.219 e. The summed E-state index contributed by atoms with van der Waals surface area (Å²) in [7, 11) is 0. The van der Waals surface area contributed by atoms with Crippen LogP contribution >= 0.6 is 0 Å². The van der Waals surface area contributed by atoms with Crippen LogP contribution in [0.1, 0.15) is 13.3 Å². The van der Waals surface area contributed by atoms with E-state index in [0.717, 1.165) is 58.8 Å². The van der Waals surface area contributed by atoms with Crippen LogP contribution in [0.2, 0.25) is 0 Å². The minimum Gasteiger partial charge on any atom is -0.373 e. The van der Waals surface area contributed by atoms with Gasteiger partial charge in [0.1, 0.15) is 0 Å². The molecule has 3 rings (SSSR count). The topological polar surface area (TPSA) is 36.0 Å². The molecule has 126 valence electrons. The molecule has 0 radical (unpaired) electrons. The van der Waals surface area contributed by atoms with E-state index in [1.54, 1.807) is 6.92 Å². The molecule has 1 amide bonds. The Morgan fingerprint density at radius 3 is 2.74 bits per heavy atom. The highest BCUT2D eigenvalue weighted by Crippen LogP contribution is 2.18. The molecule has 1 aromatic carbocycles. The summed E-state index contributed by atoms with van der Waals surface area (Å²) < 4.78 is 5.98. The predicted octanol–water partition coefficient (Wildman–Crippen LogP) is 1.45. The van der Waals surface area contributed by atoms with E-state index in [-0.39, 0.29) is 12.0 Å². The van der Waals surface area contributed by atoms with E-state index in [4.69, 9.17) is 4.74 Å². The number of amides is 1. The highest BCUT2D eigenvalue weighted by atomic mass is 16.5. The number of benzene rings is 1. The molecule has 2 aliphatic heterocycles. The second-order valence-corrected chi connectivity index (χ2v) is 6.43. The number of ether oxygens (including phenoxy) is 1. The lowest BCUT2D eigenvalue weighted by Gasteiger charge is -2.36. The molecule has 5 nitrogen and oxygen atoms in total. The van der Waals surface area contributed by atoms with E-state index in [1.807, 2.05) is 4.90 Å². The molecule has 0 bridgehead atoms. The van der Waals surface area contributed by atoms with Crippen LogP contribution in [0.25, 0.3) is 0 Å². The van der Waals surface area contributed by atoms with E-state index in [2.05, 4.69) is 40.1 Å². The molecule has 0 N–H and O–H groups in total. The van der Waals surface area contributed by atoms with Crippen molar-refractivity contribution in [2.75, 3.05) is 57.3 Å². The predicted molar refractivity (Wildman–Crippen MR) is 91.7 cm³/mol. The van der Waals surface area contributed by atoms with Gasteiger partial charge in [0, 0.05) is 51.9 Å². The summed E-state index contributed by atoms with van der Waals surface area (Å²) in [5.41, 5.74) is 1.28. The lowest BCUT2D eigenvalue weighted by molar-refractivity contribution is -0.128. The van der Waals surface area contributed by atoms with Crippen molar-refractivity contribution >= 4 is 11.6 Å². The molecule has 2 aliphatic rings. The van der Waals surface area contributed by atoms with Gasteiger partial charge < -0.3 is 14.5 Å². The summed E-state index contributed by atoms with van der Waals surface area (Å²) in [6.45, 7) is 9.02. The van der Waals surface area contributed by atoms with Crippen LogP contribution in [0.15, 0.2) is 30.3 Å². The molecule has 0 spiro atoms. The zero-order valence-electron chi connectivity index (χ0n) is 14.0. The maximum absolute atomic E-state index is 11.5. The first kappa shape index (κ1) is 16.3. The summed E-state index contributed by atoms with van der Waals surface area (Å²) in [5.74, 6) is 0.191. The number of rotatable bonds is 3. The zero-order chi connectivity index (χ0) is 16.1. The van der Waals surface area contributed by atoms with Crippen LogP contribution in [0, 0.1) is 0 Å². The molecule has 1 atom stereocenters. The number of morpholine rings is 1. The van der Waals surface area contributed by atoms with Crippen molar-refractivity contribution in [1.82, 2.24) is 9.80 Å². The second-order valence-electron chi connectivity index (χ2n) is 6.43. The fourth-order valence-electron chi connectivity index (χ4n) is 3.46. The highest BCUT2D eigenvalue weighted by Gasteiger charge is 2.24. The largest absolute Gasteiger partial charge is 0.373 e. The van der Waals surface area contributed by atoms with Gasteiger partial charge in [0.25, 0.3) is 0 Å². The van der Waals surface area contributed by atoms with Gasteiger partial charge in [0.05, 0.1) is 12.7 Å². The number of hydrogen-bond acceptors (Lipinski definition) is 4. The maximum atomic E-state index is 11.5. The van der Waals surface area contributed by atoms with Crippen molar-refractivity contribution in [3.63, 3.8) is 0 Å². The van der Waals surface area contributed by atoms with E-state index < -0.39 is 0 Å². The molecule has 2 fully saturated rings. The van der Waals surface area contributed by atoms with Crippen molar-refractivity contribution in [2.24, 2.45) is 0 Å². The fourth-order valence-corrected chi connectivity index (χ4v) is 3.46. The summed E-state index contributed by atoms with van der Waals surface area (Å²) in [4.78, 5) is 18.3. The zero-order valence-corrected chi connectivity index (χ0v) is 14.0. The van der Waals surface area contributed by atoms with Crippen LogP contribution in [0.4, 0.5) is 5.69 Å². The molecule has 0 unspecified atom stereocenters. The molecule has 0 aliphatic carbocycles. The second kappa shape index (κ2) is 7.79. The lowest BCUT2D eigenvalue weighted by atomic mass is 10.2. The summed E-state index contributed by atoms with van der Waals surface area (Å²) in [6.07, 6.45) is 1.29. The van der Waals surface area contributed by atoms with Crippen molar-refractivity contribution < 1.29 is 9.53 Å². The van der Waals surface area contributed by atoms with Crippen molar-refractivity contribution in [2.45, 2.75) is 19.4 Å². The molecule has 2 heterocycles. The first-order valence-corrected chi connectivity index (χ1v) is 8.62. The third kappa shape index (κ3) is 4.45. The van der Waals surface area contributed by atoms with E-state index >= 15 is 0 Å².